The highest BCUT2D eigenvalue weighted by Gasteiger charge is 2.14. The van der Waals surface area contributed by atoms with Crippen molar-refractivity contribution in [3.63, 3.8) is 0 Å². The summed E-state index contributed by atoms with van der Waals surface area (Å²) in [5.41, 5.74) is 6.71. The Hall–Kier alpha value is -2.27. The van der Waals surface area contributed by atoms with Gasteiger partial charge in [-0.2, -0.15) is 0 Å². The number of ether oxygens (including phenoxy) is 3. The van der Waals surface area contributed by atoms with Gasteiger partial charge in [0.25, 0.3) is 0 Å². The van der Waals surface area contributed by atoms with Crippen molar-refractivity contribution in [2.75, 3.05) is 6.79 Å². The van der Waals surface area contributed by atoms with Crippen LogP contribution in [0.2, 0.25) is 0 Å². The number of rotatable bonds is 4. The smallest absolute Gasteiger partial charge is 0.231 e. The van der Waals surface area contributed by atoms with Crippen LogP contribution in [0.3, 0.4) is 0 Å². The van der Waals surface area contributed by atoms with Crippen LogP contribution in [0.1, 0.15) is 11.1 Å². The molecule has 1 aliphatic rings. The van der Waals surface area contributed by atoms with Gasteiger partial charge in [0.15, 0.2) is 11.5 Å². The minimum Gasteiger partial charge on any atom is -0.489 e. The summed E-state index contributed by atoms with van der Waals surface area (Å²) in [6.07, 6.45) is 0. The lowest BCUT2D eigenvalue weighted by atomic mass is 10.1. The van der Waals surface area contributed by atoms with Crippen LogP contribution < -0.4 is 19.9 Å². The SMILES string of the molecule is NCc1ccc(COc2ccc3c(c2)OCO3)c(F)c1. The Morgan fingerprint density at radius 1 is 1.10 bits per heavy atom. The van der Waals surface area contributed by atoms with Crippen molar-refractivity contribution in [3.05, 3.63) is 53.3 Å². The van der Waals surface area contributed by atoms with Gasteiger partial charge in [0.2, 0.25) is 6.79 Å². The minimum atomic E-state index is -0.311. The number of fused-ring (bicyclic) bond motifs is 1. The molecule has 2 N–H and O–H groups in total. The third-order valence-corrected chi connectivity index (χ3v) is 3.09. The predicted molar refractivity (Wildman–Crippen MR) is 71.2 cm³/mol. The standard InChI is InChI=1S/C15H14FNO3/c16-13-5-10(7-17)1-2-11(13)8-18-12-3-4-14-15(6-12)20-9-19-14/h1-6H,7-9,17H2. The van der Waals surface area contributed by atoms with E-state index in [1.165, 1.54) is 6.07 Å². The van der Waals surface area contributed by atoms with Gasteiger partial charge in [-0.1, -0.05) is 12.1 Å². The largest absolute Gasteiger partial charge is 0.489 e. The first-order valence-electron chi connectivity index (χ1n) is 6.26. The van der Waals surface area contributed by atoms with E-state index in [-0.39, 0.29) is 19.2 Å². The molecule has 0 fully saturated rings. The van der Waals surface area contributed by atoms with Gasteiger partial charge in [-0.05, 0) is 23.8 Å². The van der Waals surface area contributed by atoms with Crippen LogP contribution in [0, 0.1) is 5.82 Å². The molecule has 1 aliphatic heterocycles. The molecular formula is C15H14FNO3. The quantitative estimate of drug-likeness (QED) is 0.931. The molecule has 0 amide bonds. The second-order valence-electron chi connectivity index (χ2n) is 4.43. The van der Waals surface area contributed by atoms with Gasteiger partial charge in [-0.15, -0.1) is 0 Å². The molecule has 5 heteroatoms. The normalized spacial score (nSPS) is 12.5. The molecule has 0 unspecified atom stereocenters. The van der Waals surface area contributed by atoms with Crippen LogP contribution in [0.25, 0.3) is 0 Å². The minimum absolute atomic E-state index is 0.149. The third-order valence-electron chi connectivity index (χ3n) is 3.09. The Bertz CT molecular complexity index is 631. The van der Waals surface area contributed by atoms with Crippen molar-refractivity contribution in [2.45, 2.75) is 13.2 Å². The van der Waals surface area contributed by atoms with E-state index < -0.39 is 0 Å². The van der Waals surface area contributed by atoms with Crippen LogP contribution in [0.5, 0.6) is 17.2 Å². The predicted octanol–water partition coefficient (Wildman–Crippen LogP) is 2.59. The van der Waals surface area contributed by atoms with Crippen molar-refractivity contribution in [2.24, 2.45) is 5.73 Å². The van der Waals surface area contributed by atoms with Crippen molar-refractivity contribution in [1.82, 2.24) is 0 Å². The highest BCUT2D eigenvalue weighted by Crippen LogP contribution is 2.35. The average molecular weight is 275 g/mol. The topological polar surface area (TPSA) is 53.7 Å². The van der Waals surface area contributed by atoms with Crippen LogP contribution in [-0.4, -0.2) is 6.79 Å². The average Bonchev–Trinajstić information content (AvgIpc) is 2.93. The third kappa shape index (κ3) is 2.53. The van der Waals surface area contributed by atoms with Crippen LogP contribution in [0.4, 0.5) is 4.39 Å². The van der Waals surface area contributed by atoms with Crippen LogP contribution in [-0.2, 0) is 13.2 Å². The second-order valence-corrected chi connectivity index (χ2v) is 4.43. The molecule has 0 aliphatic carbocycles. The molecule has 104 valence electrons. The van der Waals surface area contributed by atoms with Gasteiger partial charge in [0.05, 0.1) is 0 Å². The number of halogens is 1. The molecule has 0 radical (unpaired) electrons. The maximum atomic E-state index is 13.8. The number of benzene rings is 2. The van der Waals surface area contributed by atoms with E-state index in [2.05, 4.69) is 0 Å². The van der Waals surface area contributed by atoms with E-state index in [1.54, 1.807) is 30.3 Å². The first-order chi connectivity index (χ1) is 9.76. The second kappa shape index (κ2) is 5.38. The molecule has 0 atom stereocenters. The van der Waals surface area contributed by atoms with Gasteiger partial charge >= 0.3 is 0 Å². The molecule has 0 saturated heterocycles. The van der Waals surface area contributed by atoms with E-state index in [4.69, 9.17) is 19.9 Å². The first kappa shape index (κ1) is 12.7. The fraction of sp³-hybridized carbons (Fsp3) is 0.200. The molecule has 20 heavy (non-hydrogen) atoms. The Morgan fingerprint density at radius 2 is 1.95 bits per heavy atom. The zero-order valence-corrected chi connectivity index (χ0v) is 10.8. The van der Waals surface area contributed by atoms with E-state index in [0.29, 0.717) is 29.4 Å². The molecule has 0 aromatic heterocycles. The lowest BCUT2D eigenvalue weighted by Crippen LogP contribution is -2.02. The van der Waals surface area contributed by atoms with Crippen molar-refractivity contribution in [1.29, 1.82) is 0 Å². The maximum Gasteiger partial charge on any atom is 0.231 e. The van der Waals surface area contributed by atoms with Crippen LogP contribution >= 0.6 is 0 Å². The van der Waals surface area contributed by atoms with E-state index in [9.17, 15) is 4.39 Å². The summed E-state index contributed by atoms with van der Waals surface area (Å²) in [5.74, 6) is 1.63. The highest BCUT2D eigenvalue weighted by atomic mass is 19.1. The first-order valence-corrected chi connectivity index (χ1v) is 6.26. The lowest BCUT2D eigenvalue weighted by Gasteiger charge is -2.08. The molecule has 4 nitrogen and oxygen atoms in total. The Labute approximate surface area is 115 Å². The Morgan fingerprint density at radius 3 is 2.75 bits per heavy atom. The highest BCUT2D eigenvalue weighted by molar-refractivity contribution is 5.46. The molecular weight excluding hydrogens is 261 g/mol. The zero-order chi connectivity index (χ0) is 13.9. The number of hydrogen-bond acceptors (Lipinski definition) is 4. The summed E-state index contributed by atoms with van der Waals surface area (Å²) in [7, 11) is 0. The molecule has 2 aromatic carbocycles. The van der Waals surface area contributed by atoms with Crippen LogP contribution in [0.15, 0.2) is 36.4 Å². The monoisotopic (exact) mass is 275 g/mol. The van der Waals surface area contributed by atoms with Gasteiger partial charge in [-0.25, -0.2) is 4.39 Å². The van der Waals surface area contributed by atoms with Gasteiger partial charge < -0.3 is 19.9 Å². The molecule has 2 aromatic rings. The van der Waals surface area contributed by atoms with Gasteiger partial charge in [-0.3, -0.25) is 0 Å². The Balaban J connectivity index is 1.70. The van der Waals surface area contributed by atoms with Crippen molar-refractivity contribution < 1.29 is 18.6 Å². The van der Waals surface area contributed by atoms with Gasteiger partial charge in [0.1, 0.15) is 18.2 Å². The summed E-state index contributed by atoms with van der Waals surface area (Å²) in [4.78, 5) is 0. The van der Waals surface area contributed by atoms with E-state index in [0.717, 1.165) is 5.56 Å². The van der Waals surface area contributed by atoms with E-state index >= 15 is 0 Å². The molecule has 0 bridgehead atoms. The maximum absolute atomic E-state index is 13.8. The molecule has 0 saturated carbocycles. The number of hydrogen-bond donors (Lipinski definition) is 1. The summed E-state index contributed by atoms with van der Waals surface area (Å²) >= 11 is 0. The lowest BCUT2D eigenvalue weighted by molar-refractivity contribution is 0.173. The number of nitrogens with two attached hydrogens (primary N) is 1. The fourth-order valence-corrected chi connectivity index (χ4v) is 1.96. The fourth-order valence-electron chi connectivity index (χ4n) is 1.96. The molecule has 1 heterocycles. The Kier molecular flexibility index (Phi) is 3.43. The van der Waals surface area contributed by atoms with Crippen molar-refractivity contribution in [3.8, 4) is 17.2 Å². The summed E-state index contributed by atoms with van der Waals surface area (Å²) in [6, 6.07) is 10.2. The van der Waals surface area contributed by atoms with E-state index in [1.807, 2.05) is 0 Å². The molecule has 0 spiro atoms. The van der Waals surface area contributed by atoms with Crippen molar-refractivity contribution >= 4 is 0 Å². The summed E-state index contributed by atoms with van der Waals surface area (Å²) in [6.45, 7) is 0.685. The molecule has 3 rings (SSSR count). The summed E-state index contributed by atoms with van der Waals surface area (Å²) in [5, 5.41) is 0. The zero-order valence-electron chi connectivity index (χ0n) is 10.8. The van der Waals surface area contributed by atoms with Gasteiger partial charge in [0, 0.05) is 18.2 Å². The summed E-state index contributed by atoms with van der Waals surface area (Å²) < 4.78 is 29.8.